The molecule has 0 aliphatic heterocycles. The number of rotatable bonds is 6. The Labute approximate surface area is 106 Å². The molecule has 18 heavy (non-hydrogen) atoms. The van der Waals surface area contributed by atoms with Gasteiger partial charge in [0.2, 0.25) is 0 Å². The van der Waals surface area contributed by atoms with Crippen molar-refractivity contribution in [2.45, 2.75) is 26.2 Å². The Hall–Kier alpha value is -1.97. The van der Waals surface area contributed by atoms with Crippen LogP contribution in [0.3, 0.4) is 0 Å². The number of H-pyrrole nitrogens is 1. The molecule has 0 aliphatic carbocycles. The summed E-state index contributed by atoms with van der Waals surface area (Å²) in [5, 5.41) is 9.85. The maximum Gasteiger partial charge on any atom is 0.303 e. The largest absolute Gasteiger partial charge is 0.481 e. The van der Waals surface area contributed by atoms with Crippen molar-refractivity contribution in [3.8, 4) is 5.88 Å². The fourth-order valence-electron chi connectivity index (χ4n) is 1.98. The lowest BCUT2D eigenvalue weighted by Gasteiger charge is -2.05. The third kappa shape index (κ3) is 2.64. The smallest absolute Gasteiger partial charge is 0.303 e. The van der Waals surface area contributed by atoms with Gasteiger partial charge in [-0.3, -0.25) is 4.79 Å². The van der Waals surface area contributed by atoms with Crippen molar-refractivity contribution in [3.05, 3.63) is 29.8 Å². The summed E-state index contributed by atoms with van der Waals surface area (Å²) in [6, 6.07) is 7.85. The lowest BCUT2D eigenvalue weighted by molar-refractivity contribution is -0.136. The summed E-state index contributed by atoms with van der Waals surface area (Å²) in [6.45, 7) is 2.67. The van der Waals surface area contributed by atoms with E-state index in [4.69, 9.17) is 9.84 Å². The second-order valence-electron chi connectivity index (χ2n) is 4.22. The molecule has 0 unspecified atom stereocenters. The number of benzene rings is 1. The van der Waals surface area contributed by atoms with Gasteiger partial charge >= 0.3 is 5.97 Å². The van der Waals surface area contributed by atoms with Gasteiger partial charge in [-0.1, -0.05) is 25.1 Å². The molecular formula is C14H17NO3. The number of hydrogen-bond acceptors (Lipinski definition) is 2. The highest BCUT2D eigenvalue weighted by molar-refractivity contribution is 5.86. The first kappa shape index (κ1) is 12.5. The molecule has 2 N–H and O–H groups in total. The zero-order valence-corrected chi connectivity index (χ0v) is 10.4. The summed E-state index contributed by atoms with van der Waals surface area (Å²) in [4.78, 5) is 13.9. The van der Waals surface area contributed by atoms with E-state index in [2.05, 4.69) is 4.98 Å². The number of hydrogen-bond donors (Lipinski definition) is 2. The molecule has 1 heterocycles. The molecule has 1 aromatic carbocycles. The number of aryl methyl sites for hydroxylation is 1. The normalized spacial score (nSPS) is 10.7. The van der Waals surface area contributed by atoms with Crippen LogP contribution in [0.4, 0.5) is 0 Å². The summed E-state index contributed by atoms with van der Waals surface area (Å²) in [5.41, 5.74) is 1.95. The van der Waals surface area contributed by atoms with Gasteiger partial charge in [0.05, 0.1) is 6.61 Å². The van der Waals surface area contributed by atoms with Crippen LogP contribution in [0.25, 0.3) is 10.9 Å². The van der Waals surface area contributed by atoms with E-state index in [9.17, 15) is 4.79 Å². The van der Waals surface area contributed by atoms with E-state index in [-0.39, 0.29) is 6.42 Å². The average Bonchev–Trinajstić information content (AvgIpc) is 2.71. The third-order valence-electron chi connectivity index (χ3n) is 2.81. The number of para-hydroxylation sites is 1. The van der Waals surface area contributed by atoms with Gasteiger partial charge in [-0.25, -0.2) is 0 Å². The molecule has 4 heteroatoms. The Morgan fingerprint density at radius 1 is 1.39 bits per heavy atom. The van der Waals surface area contributed by atoms with Gasteiger partial charge in [0.15, 0.2) is 5.88 Å². The van der Waals surface area contributed by atoms with Crippen LogP contribution >= 0.6 is 0 Å². The molecule has 1 aromatic heterocycles. The summed E-state index contributed by atoms with van der Waals surface area (Å²) < 4.78 is 5.66. The van der Waals surface area contributed by atoms with Crippen LogP contribution in [0.5, 0.6) is 5.88 Å². The molecule has 4 nitrogen and oxygen atoms in total. The lowest BCUT2D eigenvalue weighted by atomic mass is 10.1. The van der Waals surface area contributed by atoms with Crippen molar-refractivity contribution in [1.82, 2.24) is 4.98 Å². The van der Waals surface area contributed by atoms with Crippen LogP contribution in [0.2, 0.25) is 0 Å². The van der Waals surface area contributed by atoms with E-state index in [0.29, 0.717) is 18.9 Å². The van der Waals surface area contributed by atoms with Crippen LogP contribution in [-0.4, -0.2) is 22.7 Å². The molecule has 0 atom stereocenters. The van der Waals surface area contributed by atoms with E-state index in [1.807, 2.05) is 31.2 Å². The van der Waals surface area contributed by atoms with Crippen molar-refractivity contribution in [3.63, 3.8) is 0 Å². The van der Waals surface area contributed by atoms with Crippen molar-refractivity contribution in [2.75, 3.05) is 6.61 Å². The van der Waals surface area contributed by atoms with Crippen LogP contribution in [0.1, 0.15) is 25.3 Å². The molecule has 0 saturated carbocycles. The van der Waals surface area contributed by atoms with Gasteiger partial charge in [-0.05, 0) is 18.9 Å². The first-order valence-electron chi connectivity index (χ1n) is 6.16. The fraction of sp³-hybridized carbons (Fsp3) is 0.357. The second-order valence-corrected chi connectivity index (χ2v) is 4.22. The first-order chi connectivity index (χ1) is 8.72. The molecule has 2 rings (SSSR count). The number of aromatic amines is 1. The summed E-state index contributed by atoms with van der Waals surface area (Å²) >= 11 is 0. The van der Waals surface area contributed by atoms with Gasteiger partial charge < -0.3 is 14.8 Å². The van der Waals surface area contributed by atoms with Gasteiger partial charge in [0.25, 0.3) is 0 Å². The number of carboxylic acids is 1. The predicted molar refractivity (Wildman–Crippen MR) is 70.0 cm³/mol. The van der Waals surface area contributed by atoms with Crippen LogP contribution in [0, 0.1) is 0 Å². The standard InChI is InChI=1S/C14H17NO3/c1-2-9-18-14-11(7-8-13(16)17)10-5-3-4-6-12(10)15-14/h3-6,15H,2,7-9H2,1H3,(H,16,17). The Morgan fingerprint density at radius 3 is 2.89 bits per heavy atom. The third-order valence-corrected chi connectivity index (χ3v) is 2.81. The number of aromatic nitrogens is 1. The maximum absolute atomic E-state index is 10.7. The predicted octanol–water partition coefficient (Wildman–Crippen LogP) is 2.97. The average molecular weight is 247 g/mol. The zero-order valence-electron chi connectivity index (χ0n) is 10.4. The molecular weight excluding hydrogens is 230 g/mol. The Balaban J connectivity index is 2.34. The minimum absolute atomic E-state index is 0.115. The van der Waals surface area contributed by atoms with Crippen LogP contribution in [-0.2, 0) is 11.2 Å². The molecule has 0 radical (unpaired) electrons. The SMILES string of the molecule is CCCOc1[nH]c2ccccc2c1CCC(=O)O. The Morgan fingerprint density at radius 2 is 2.17 bits per heavy atom. The molecule has 2 aromatic rings. The van der Waals surface area contributed by atoms with Gasteiger partial charge in [0, 0.05) is 22.9 Å². The molecule has 0 bridgehead atoms. The highest BCUT2D eigenvalue weighted by Gasteiger charge is 2.13. The highest BCUT2D eigenvalue weighted by atomic mass is 16.5. The van der Waals surface area contributed by atoms with E-state index < -0.39 is 5.97 Å². The molecule has 0 saturated heterocycles. The van der Waals surface area contributed by atoms with E-state index in [1.54, 1.807) is 0 Å². The molecule has 0 amide bonds. The number of aliphatic carboxylic acids is 1. The van der Waals surface area contributed by atoms with Crippen molar-refractivity contribution in [2.24, 2.45) is 0 Å². The van der Waals surface area contributed by atoms with E-state index in [1.165, 1.54) is 0 Å². The topological polar surface area (TPSA) is 62.3 Å². The van der Waals surface area contributed by atoms with Crippen molar-refractivity contribution < 1.29 is 14.6 Å². The zero-order chi connectivity index (χ0) is 13.0. The summed E-state index contributed by atoms with van der Waals surface area (Å²) in [5.74, 6) is -0.0824. The minimum atomic E-state index is -0.790. The molecule has 0 fully saturated rings. The quantitative estimate of drug-likeness (QED) is 0.824. The summed E-state index contributed by atoms with van der Waals surface area (Å²) in [7, 11) is 0. The molecule has 0 spiro atoms. The molecule has 0 aliphatic rings. The number of carboxylic acid groups (broad SMARTS) is 1. The maximum atomic E-state index is 10.7. The van der Waals surface area contributed by atoms with E-state index >= 15 is 0 Å². The monoisotopic (exact) mass is 247 g/mol. The van der Waals surface area contributed by atoms with Gasteiger partial charge in [-0.15, -0.1) is 0 Å². The fourth-order valence-corrected chi connectivity index (χ4v) is 1.98. The van der Waals surface area contributed by atoms with Crippen LogP contribution < -0.4 is 4.74 Å². The van der Waals surface area contributed by atoms with E-state index in [0.717, 1.165) is 22.9 Å². The van der Waals surface area contributed by atoms with Crippen molar-refractivity contribution >= 4 is 16.9 Å². The number of carbonyl (C=O) groups is 1. The van der Waals surface area contributed by atoms with Gasteiger partial charge in [-0.2, -0.15) is 0 Å². The minimum Gasteiger partial charge on any atom is -0.481 e. The number of nitrogens with one attached hydrogen (secondary N) is 1. The number of ether oxygens (including phenoxy) is 1. The summed E-state index contributed by atoms with van der Waals surface area (Å²) in [6.07, 6.45) is 1.52. The van der Waals surface area contributed by atoms with Crippen molar-refractivity contribution in [1.29, 1.82) is 0 Å². The second kappa shape index (κ2) is 5.58. The van der Waals surface area contributed by atoms with Gasteiger partial charge in [0.1, 0.15) is 0 Å². The lowest BCUT2D eigenvalue weighted by Crippen LogP contribution is -2.01. The number of fused-ring (bicyclic) bond motifs is 1. The van der Waals surface area contributed by atoms with Crippen LogP contribution in [0.15, 0.2) is 24.3 Å². The Kier molecular flexibility index (Phi) is 3.87. The highest BCUT2D eigenvalue weighted by Crippen LogP contribution is 2.29. The molecule has 96 valence electrons. The Bertz CT molecular complexity index is 545. The first-order valence-corrected chi connectivity index (χ1v) is 6.16.